The van der Waals surface area contributed by atoms with Crippen LogP contribution >= 0.6 is 27.3 Å². The van der Waals surface area contributed by atoms with E-state index in [1.165, 1.54) is 33.9 Å². The number of benzene rings is 2. The number of imidazole rings is 1. The third kappa shape index (κ3) is 2.79. The molecule has 2 aromatic heterocycles. The van der Waals surface area contributed by atoms with Crippen LogP contribution in [0.25, 0.3) is 22.1 Å². The molecular weight excluding hydrogens is 434 g/mol. The Hall–Kier alpha value is -2.78. The van der Waals surface area contributed by atoms with Gasteiger partial charge in [-0.3, -0.25) is 14.9 Å². The molecule has 0 radical (unpaired) electrons. The van der Waals surface area contributed by atoms with Crippen molar-refractivity contribution < 1.29 is 10.0 Å². The number of aryl methyl sites for hydroxylation is 2. The Bertz CT molecular complexity index is 1370. The molecule has 0 unspecified atom stereocenters. The second kappa shape index (κ2) is 6.14. The van der Waals surface area contributed by atoms with E-state index in [4.69, 9.17) is 0 Å². The van der Waals surface area contributed by atoms with Gasteiger partial charge in [-0.25, -0.2) is 9.38 Å². The number of thiazole rings is 1. The van der Waals surface area contributed by atoms with E-state index in [2.05, 4.69) is 20.9 Å². The number of hydrogen-bond acceptors (Lipinski definition) is 6. The minimum absolute atomic E-state index is 0.189. The zero-order valence-corrected chi connectivity index (χ0v) is 16.6. The van der Waals surface area contributed by atoms with Gasteiger partial charge in [0.2, 0.25) is 5.75 Å². The van der Waals surface area contributed by atoms with E-state index in [9.17, 15) is 20.0 Å². The molecule has 27 heavy (non-hydrogen) atoms. The number of aromatic nitrogens is 2. The monoisotopic (exact) mass is 445 g/mol. The number of nitro groups is 1. The number of phenolic OH excluding ortho intramolecular Hbond substituents is 1. The molecule has 0 bridgehead atoms. The second-order valence-corrected chi connectivity index (χ2v) is 8.14. The van der Waals surface area contributed by atoms with Crippen LogP contribution in [0.1, 0.15) is 16.7 Å². The predicted octanol–water partition coefficient (Wildman–Crippen LogP) is 3.45. The summed E-state index contributed by atoms with van der Waals surface area (Å²) in [5, 5.41) is 21.3. The average molecular weight is 446 g/mol. The molecule has 2 aromatic carbocycles. The van der Waals surface area contributed by atoms with Crippen molar-refractivity contribution in [3.8, 4) is 5.75 Å². The van der Waals surface area contributed by atoms with Gasteiger partial charge >= 0.3 is 5.69 Å². The highest BCUT2D eigenvalue weighted by atomic mass is 79.9. The minimum atomic E-state index is -0.671. The fourth-order valence-electron chi connectivity index (χ4n) is 3.11. The summed E-state index contributed by atoms with van der Waals surface area (Å²) in [6, 6.07) is 6.65. The highest BCUT2D eigenvalue weighted by Gasteiger charge is 2.18. The van der Waals surface area contributed by atoms with Gasteiger partial charge in [-0.1, -0.05) is 33.3 Å². The summed E-state index contributed by atoms with van der Waals surface area (Å²) in [5.74, 6) is -0.481. The maximum Gasteiger partial charge on any atom is 0.312 e. The molecule has 4 aromatic rings. The molecule has 0 fully saturated rings. The molecule has 4 rings (SSSR count). The molecule has 1 N–H and O–H groups in total. The van der Waals surface area contributed by atoms with Crippen molar-refractivity contribution in [1.29, 1.82) is 0 Å². The summed E-state index contributed by atoms with van der Waals surface area (Å²) in [4.78, 5) is 28.4. The Kier molecular flexibility index (Phi) is 4.01. The third-order valence-electron chi connectivity index (χ3n) is 4.25. The average Bonchev–Trinajstić information content (AvgIpc) is 3.08. The number of phenols is 1. The highest BCUT2D eigenvalue weighted by molar-refractivity contribution is 9.10. The first-order valence-corrected chi connectivity index (χ1v) is 9.48. The van der Waals surface area contributed by atoms with Crippen LogP contribution in [0.15, 0.2) is 33.5 Å². The number of fused-ring (bicyclic) bond motifs is 3. The van der Waals surface area contributed by atoms with Crippen molar-refractivity contribution in [1.82, 2.24) is 9.38 Å². The number of halogens is 1. The van der Waals surface area contributed by atoms with E-state index in [1.54, 1.807) is 0 Å². The molecule has 136 valence electrons. The lowest BCUT2D eigenvalue weighted by molar-refractivity contribution is -0.385. The lowest BCUT2D eigenvalue weighted by Crippen LogP contribution is -2.22. The smallest absolute Gasteiger partial charge is 0.312 e. The van der Waals surface area contributed by atoms with Crippen LogP contribution in [0.3, 0.4) is 0 Å². The van der Waals surface area contributed by atoms with Crippen LogP contribution in [0.5, 0.6) is 5.75 Å². The van der Waals surface area contributed by atoms with Crippen molar-refractivity contribution >= 4 is 55.0 Å². The van der Waals surface area contributed by atoms with Gasteiger partial charge in [0.1, 0.15) is 0 Å². The standard InChI is InChI=1S/C18H12BrN3O4S/c1-8-3-9(2)15-12(4-8)21-17(24)14(27-18(21)20-15)6-10-5-11(19)7-13(16(10)23)22(25)26/h3-7,23H,1-2H3/b14-6-. The van der Waals surface area contributed by atoms with Gasteiger partial charge in [-0.15, -0.1) is 0 Å². The molecule has 0 spiro atoms. The maximum absolute atomic E-state index is 12.9. The normalized spacial score (nSPS) is 12.3. The first-order chi connectivity index (χ1) is 12.8. The SMILES string of the molecule is Cc1cc(C)c2nc3s/c(=C\c4cc(Br)cc([N+](=O)[O-])c4O)c(=O)n3c2c1. The number of rotatable bonds is 2. The number of nitrogens with zero attached hydrogens (tertiary/aromatic N) is 3. The topological polar surface area (TPSA) is 97.7 Å². The van der Waals surface area contributed by atoms with Crippen LogP contribution in [-0.2, 0) is 0 Å². The first-order valence-electron chi connectivity index (χ1n) is 7.87. The lowest BCUT2D eigenvalue weighted by Gasteiger charge is -2.01. The van der Waals surface area contributed by atoms with Crippen molar-refractivity contribution in [2.24, 2.45) is 0 Å². The van der Waals surface area contributed by atoms with E-state index >= 15 is 0 Å². The van der Waals surface area contributed by atoms with Crippen LogP contribution < -0.4 is 10.1 Å². The van der Waals surface area contributed by atoms with E-state index in [-0.39, 0.29) is 11.1 Å². The lowest BCUT2D eigenvalue weighted by atomic mass is 10.1. The fraction of sp³-hybridized carbons (Fsp3) is 0.111. The Morgan fingerprint density at radius 2 is 2.04 bits per heavy atom. The number of aromatic hydroxyl groups is 1. The highest BCUT2D eigenvalue weighted by Crippen LogP contribution is 2.33. The van der Waals surface area contributed by atoms with Crippen LogP contribution in [-0.4, -0.2) is 19.4 Å². The predicted molar refractivity (Wildman–Crippen MR) is 108 cm³/mol. The van der Waals surface area contributed by atoms with E-state index in [1.807, 2.05) is 26.0 Å². The second-order valence-electron chi connectivity index (χ2n) is 6.22. The molecule has 0 aliphatic rings. The number of hydrogen-bond donors (Lipinski definition) is 1. The number of nitro benzene ring substituents is 1. The Balaban J connectivity index is 2.03. The van der Waals surface area contributed by atoms with Crippen LogP contribution in [0, 0.1) is 24.0 Å². The van der Waals surface area contributed by atoms with Gasteiger partial charge in [0.05, 0.1) is 20.5 Å². The Morgan fingerprint density at radius 1 is 1.30 bits per heavy atom. The summed E-state index contributed by atoms with van der Waals surface area (Å²) in [7, 11) is 0. The molecule has 0 saturated heterocycles. The zero-order chi connectivity index (χ0) is 19.5. The van der Waals surface area contributed by atoms with Gasteiger partial charge in [-0.05, 0) is 43.2 Å². The summed E-state index contributed by atoms with van der Waals surface area (Å²) in [6.07, 6.45) is 1.45. The zero-order valence-electron chi connectivity index (χ0n) is 14.2. The molecule has 0 aliphatic heterocycles. The molecular formula is C18H12BrN3O4S. The van der Waals surface area contributed by atoms with Gasteiger partial charge in [-0.2, -0.15) is 0 Å². The van der Waals surface area contributed by atoms with Crippen molar-refractivity contribution in [3.63, 3.8) is 0 Å². The molecule has 0 aliphatic carbocycles. The van der Waals surface area contributed by atoms with Crippen molar-refractivity contribution in [2.75, 3.05) is 0 Å². The summed E-state index contributed by atoms with van der Waals surface area (Å²) in [5.41, 5.74) is 3.01. The van der Waals surface area contributed by atoms with Crippen molar-refractivity contribution in [3.05, 3.63) is 70.4 Å². The maximum atomic E-state index is 12.9. The largest absolute Gasteiger partial charge is 0.502 e. The van der Waals surface area contributed by atoms with E-state index < -0.39 is 16.4 Å². The van der Waals surface area contributed by atoms with E-state index in [0.717, 1.165) is 22.2 Å². The molecule has 0 amide bonds. The Morgan fingerprint density at radius 3 is 2.74 bits per heavy atom. The molecule has 2 heterocycles. The van der Waals surface area contributed by atoms with Gasteiger partial charge in [0.15, 0.2) is 4.96 Å². The van der Waals surface area contributed by atoms with Gasteiger partial charge in [0.25, 0.3) is 5.56 Å². The fourth-order valence-corrected chi connectivity index (χ4v) is 4.54. The third-order valence-corrected chi connectivity index (χ3v) is 5.67. The van der Waals surface area contributed by atoms with E-state index in [0.29, 0.717) is 14.0 Å². The quantitative estimate of drug-likeness (QED) is 0.376. The first kappa shape index (κ1) is 17.6. The molecule has 0 saturated carbocycles. The van der Waals surface area contributed by atoms with Crippen LogP contribution in [0.4, 0.5) is 5.69 Å². The minimum Gasteiger partial charge on any atom is -0.502 e. The molecule has 9 heteroatoms. The van der Waals surface area contributed by atoms with Crippen LogP contribution in [0.2, 0.25) is 0 Å². The van der Waals surface area contributed by atoms with Gasteiger partial charge in [0, 0.05) is 16.1 Å². The summed E-state index contributed by atoms with van der Waals surface area (Å²) in [6.45, 7) is 3.90. The van der Waals surface area contributed by atoms with Crippen molar-refractivity contribution in [2.45, 2.75) is 13.8 Å². The Labute approximate surface area is 164 Å². The molecule has 7 nitrogen and oxygen atoms in total. The molecule has 0 atom stereocenters. The summed E-state index contributed by atoms with van der Waals surface area (Å²) >= 11 is 4.37. The van der Waals surface area contributed by atoms with Gasteiger partial charge < -0.3 is 5.11 Å². The summed E-state index contributed by atoms with van der Waals surface area (Å²) < 4.78 is 2.31.